The van der Waals surface area contributed by atoms with Crippen LogP contribution in [0.3, 0.4) is 0 Å². The van der Waals surface area contributed by atoms with Gasteiger partial charge >= 0.3 is 5.97 Å². The molecule has 0 fully saturated rings. The van der Waals surface area contributed by atoms with E-state index in [0.717, 1.165) is 11.5 Å². The Morgan fingerprint density at radius 2 is 1.71 bits per heavy atom. The number of aliphatic carboxylic acids is 1. The molecule has 0 aromatic heterocycles. The lowest BCUT2D eigenvalue weighted by Gasteiger charge is -2.35. The second-order valence-corrected chi connectivity index (χ2v) is 5.83. The van der Waals surface area contributed by atoms with Gasteiger partial charge in [0.05, 0.1) is 13.5 Å². The van der Waals surface area contributed by atoms with Gasteiger partial charge in [-0.2, -0.15) is 0 Å². The minimum absolute atomic E-state index is 0.0846. The summed E-state index contributed by atoms with van der Waals surface area (Å²) in [5.74, 6) is 0.795. The van der Waals surface area contributed by atoms with Crippen molar-refractivity contribution >= 4 is 5.97 Å². The molecule has 0 amide bonds. The number of carbonyl (C=O) groups is 1. The van der Waals surface area contributed by atoms with Gasteiger partial charge in [-0.05, 0) is 45.0 Å². The van der Waals surface area contributed by atoms with E-state index in [1.165, 1.54) is 0 Å². The Hall–Kier alpha value is -1.75. The molecule has 0 spiro atoms. The minimum Gasteiger partial charge on any atom is -0.497 e. The first-order valence-electron chi connectivity index (χ1n) is 7.06. The van der Waals surface area contributed by atoms with E-state index in [1.54, 1.807) is 7.11 Å². The van der Waals surface area contributed by atoms with Crippen LogP contribution in [0.25, 0.3) is 0 Å². The molecule has 1 rings (SSSR count). The molecule has 0 unspecified atom stereocenters. The predicted octanol–water partition coefficient (Wildman–Crippen LogP) is 2.65. The molecule has 21 heavy (non-hydrogen) atoms. The molecule has 1 N–H and O–H groups in total. The average Bonchev–Trinajstić information content (AvgIpc) is 2.41. The fraction of sp³-hybridized carbons (Fsp3) is 0.562. The van der Waals surface area contributed by atoms with Crippen LogP contribution < -0.4 is 9.47 Å². The average molecular weight is 295 g/mol. The molecule has 118 valence electrons. The largest absolute Gasteiger partial charge is 0.497 e. The van der Waals surface area contributed by atoms with Gasteiger partial charge in [-0.1, -0.05) is 0 Å². The van der Waals surface area contributed by atoms with Gasteiger partial charge in [0.2, 0.25) is 0 Å². The highest BCUT2D eigenvalue weighted by Crippen LogP contribution is 2.18. The molecule has 1 aromatic carbocycles. The zero-order valence-corrected chi connectivity index (χ0v) is 13.3. The number of hydrogen-bond acceptors (Lipinski definition) is 4. The highest BCUT2D eigenvalue weighted by atomic mass is 16.5. The first-order chi connectivity index (χ1) is 9.82. The monoisotopic (exact) mass is 295 g/mol. The number of carboxylic acid groups (broad SMARTS) is 1. The van der Waals surface area contributed by atoms with Crippen LogP contribution >= 0.6 is 0 Å². The number of hydrogen-bond donors (Lipinski definition) is 1. The zero-order chi connectivity index (χ0) is 15.9. The molecule has 0 saturated heterocycles. The van der Waals surface area contributed by atoms with Crippen molar-refractivity contribution in [3.05, 3.63) is 24.3 Å². The molecule has 0 atom stereocenters. The van der Waals surface area contributed by atoms with E-state index in [9.17, 15) is 4.79 Å². The molecule has 5 heteroatoms. The zero-order valence-electron chi connectivity index (χ0n) is 13.3. The van der Waals surface area contributed by atoms with Gasteiger partial charge in [0.1, 0.15) is 18.1 Å². The van der Waals surface area contributed by atoms with Gasteiger partial charge in [0.15, 0.2) is 0 Å². The van der Waals surface area contributed by atoms with E-state index in [-0.39, 0.29) is 12.0 Å². The molecule has 0 aliphatic rings. The van der Waals surface area contributed by atoms with Crippen LogP contribution in [0.1, 0.15) is 27.2 Å². The molecule has 0 saturated carbocycles. The normalized spacial score (nSPS) is 11.5. The van der Waals surface area contributed by atoms with Crippen molar-refractivity contribution < 1.29 is 19.4 Å². The van der Waals surface area contributed by atoms with E-state index in [2.05, 4.69) is 25.7 Å². The van der Waals surface area contributed by atoms with Gasteiger partial charge in [0, 0.05) is 18.6 Å². The lowest BCUT2D eigenvalue weighted by Crippen LogP contribution is -2.44. The number of ether oxygens (including phenoxy) is 2. The Labute approximate surface area is 126 Å². The van der Waals surface area contributed by atoms with Crippen LogP contribution in [-0.4, -0.2) is 48.3 Å². The Morgan fingerprint density at radius 1 is 1.14 bits per heavy atom. The maximum absolute atomic E-state index is 10.7. The second kappa shape index (κ2) is 7.88. The van der Waals surface area contributed by atoms with Crippen LogP contribution in [-0.2, 0) is 4.79 Å². The Bertz CT molecular complexity index is 437. The summed E-state index contributed by atoms with van der Waals surface area (Å²) in [6, 6.07) is 7.41. The third kappa shape index (κ3) is 6.49. The fourth-order valence-electron chi connectivity index (χ4n) is 1.96. The van der Waals surface area contributed by atoms with Crippen molar-refractivity contribution in [2.75, 3.05) is 26.8 Å². The fourth-order valence-corrected chi connectivity index (χ4v) is 1.96. The summed E-state index contributed by atoms with van der Waals surface area (Å²) in [6.07, 6.45) is 0.139. The molecule has 0 aliphatic heterocycles. The summed E-state index contributed by atoms with van der Waals surface area (Å²) in [6.45, 7) is 7.93. The third-order valence-corrected chi connectivity index (χ3v) is 3.23. The van der Waals surface area contributed by atoms with E-state index in [1.807, 2.05) is 24.3 Å². The van der Waals surface area contributed by atoms with Crippen molar-refractivity contribution in [1.82, 2.24) is 4.90 Å². The highest BCUT2D eigenvalue weighted by molar-refractivity contribution is 5.66. The van der Waals surface area contributed by atoms with Crippen molar-refractivity contribution in [2.45, 2.75) is 32.7 Å². The highest BCUT2D eigenvalue weighted by Gasteiger charge is 2.21. The molecule has 0 radical (unpaired) electrons. The lowest BCUT2D eigenvalue weighted by atomic mass is 10.1. The Kier molecular flexibility index (Phi) is 6.49. The predicted molar refractivity (Wildman–Crippen MR) is 82.1 cm³/mol. The molecular weight excluding hydrogens is 270 g/mol. The summed E-state index contributed by atoms with van der Waals surface area (Å²) in [5.41, 5.74) is -0.0846. The Balaban J connectivity index is 2.46. The number of carboxylic acids is 1. The number of nitrogens with zero attached hydrogens (tertiary/aromatic N) is 1. The SMILES string of the molecule is COc1ccc(OCCN(CCC(=O)O)C(C)(C)C)cc1. The van der Waals surface area contributed by atoms with Crippen LogP contribution in [0, 0.1) is 0 Å². The first-order valence-corrected chi connectivity index (χ1v) is 7.06. The maximum Gasteiger partial charge on any atom is 0.304 e. The quantitative estimate of drug-likeness (QED) is 0.799. The van der Waals surface area contributed by atoms with E-state index in [4.69, 9.17) is 14.6 Å². The minimum atomic E-state index is -0.777. The lowest BCUT2D eigenvalue weighted by molar-refractivity contribution is -0.137. The summed E-state index contributed by atoms with van der Waals surface area (Å²) < 4.78 is 10.8. The number of benzene rings is 1. The van der Waals surface area contributed by atoms with Crippen molar-refractivity contribution in [2.24, 2.45) is 0 Å². The standard InChI is InChI=1S/C16H25NO4/c1-16(2,3)17(10-9-15(18)19)11-12-21-14-7-5-13(20-4)6-8-14/h5-8H,9-12H2,1-4H3,(H,18,19). The maximum atomic E-state index is 10.7. The second-order valence-electron chi connectivity index (χ2n) is 5.83. The summed E-state index contributed by atoms with van der Waals surface area (Å²) in [7, 11) is 1.62. The van der Waals surface area contributed by atoms with Gasteiger partial charge in [-0.3, -0.25) is 9.69 Å². The molecule has 1 aromatic rings. The van der Waals surface area contributed by atoms with Gasteiger partial charge in [-0.25, -0.2) is 0 Å². The van der Waals surface area contributed by atoms with Gasteiger partial charge in [0.25, 0.3) is 0 Å². The van der Waals surface area contributed by atoms with Crippen LogP contribution in [0.4, 0.5) is 0 Å². The molecule has 5 nitrogen and oxygen atoms in total. The van der Waals surface area contributed by atoms with Crippen LogP contribution in [0.2, 0.25) is 0 Å². The number of rotatable bonds is 8. The van der Waals surface area contributed by atoms with Crippen molar-refractivity contribution in [3.8, 4) is 11.5 Å². The smallest absolute Gasteiger partial charge is 0.304 e. The number of methoxy groups -OCH3 is 1. The summed E-state index contributed by atoms with van der Waals surface area (Å²) >= 11 is 0. The molecule has 0 aliphatic carbocycles. The topological polar surface area (TPSA) is 59.0 Å². The van der Waals surface area contributed by atoms with Crippen LogP contribution in [0.15, 0.2) is 24.3 Å². The van der Waals surface area contributed by atoms with Crippen molar-refractivity contribution in [3.63, 3.8) is 0 Å². The molecule has 0 bridgehead atoms. The third-order valence-electron chi connectivity index (χ3n) is 3.23. The van der Waals surface area contributed by atoms with Crippen LogP contribution in [0.5, 0.6) is 11.5 Å². The molecule has 0 heterocycles. The van der Waals surface area contributed by atoms with Gasteiger partial charge in [-0.15, -0.1) is 0 Å². The first kappa shape index (κ1) is 17.3. The summed E-state index contributed by atoms with van der Waals surface area (Å²) in [5, 5.41) is 8.81. The van der Waals surface area contributed by atoms with E-state index < -0.39 is 5.97 Å². The molecular formula is C16H25NO4. The van der Waals surface area contributed by atoms with E-state index in [0.29, 0.717) is 19.7 Å². The summed E-state index contributed by atoms with van der Waals surface area (Å²) in [4.78, 5) is 12.8. The van der Waals surface area contributed by atoms with E-state index >= 15 is 0 Å². The van der Waals surface area contributed by atoms with Crippen molar-refractivity contribution in [1.29, 1.82) is 0 Å². The Morgan fingerprint density at radius 3 is 2.19 bits per heavy atom. The van der Waals surface area contributed by atoms with Gasteiger partial charge < -0.3 is 14.6 Å².